The van der Waals surface area contributed by atoms with Crippen molar-refractivity contribution in [3.63, 3.8) is 0 Å². The van der Waals surface area contributed by atoms with Crippen LogP contribution in [0.1, 0.15) is 25.1 Å². The van der Waals surface area contributed by atoms with E-state index in [1.165, 1.54) is 6.08 Å². The third-order valence-electron chi connectivity index (χ3n) is 4.35. The lowest BCUT2D eigenvalue weighted by molar-refractivity contribution is -0.111. The lowest BCUT2D eigenvalue weighted by Crippen LogP contribution is -2.27. The van der Waals surface area contributed by atoms with Crippen molar-refractivity contribution >= 4 is 41.0 Å². The summed E-state index contributed by atoms with van der Waals surface area (Å²) in [6, 6.07) is 7.05. The highest BCUT2D eigenvalue weighted by Crippen LogP contribution is 2.23. The van der Waals surface area contributed by atoms with Crippen LogP contribution >= 0.6 is 11.6 Å². The van der Waals surface area contributed by atoms with Crippen molar-refractivity contribution in [2.24, 2.45) is 5.92 Å². The molecule has 1 aromatic carbocycles. The first-order valence-electron chi connectivity index (χ1n) is 9.22. The number of hydrogen-bond acceptors (Lipinski definition) is 3. The molecule has 3 rings (SSSR count). The van der Waals surface area contributed by atoms with Gasteiger partial charge in [-0.1, -0.05) is 25.4 Å². The molecule has 0 radical (unpaired) electrons. The van der Waals surface area contributed by atoms with Gasteiger partial charge in [-0.25, -0.2) is 4.79 Å². The molecule has 0 atom stereocenters. The van der Waals surface area contributed by atoms with Crippen LogP contribution in [0.2, 0.25) is 5.15 Å². The number of nitrogens with zero attached hydrogens (tertiary/aromatic N) is 3. The quantitative estimate of drug-likeness (QED) is 0.724. The molecule has 1 aromatic heterocycles. The maximum Gasteiger partial charge on any atom is 0.321 e. The van der Waals surface area contributed by atoms with Crippen molar-refractivity contribution in [1.82, 2.24) is 15.1 Å². The largest absolute Gasteiger partial charge is 0.336 e. The average Bonchev–Trinajstić information content (AvgIpc) is 3.17. The summed E-state index contributed by atoms with van der Waals surface area (Å²) in [5, 5.41) is 10.5. The summed E-state index contributed by atoms with van der Waals surface area (Å²) < 4.78 is 1.76. The fourth-order valence-corrected chi connectivity index (χ4v) is 3.32. The number of carbonyl (C=O) groups is 2. The first-order chi connectivity index (χ1) is 13.3. The molecule has 1 aliphatic heterocycles. The van der Waals surface area contributed by atoms with E-state index >= 15 is 0 Å². The fraction of sp³-hybridized carbons (Fsp3) is 0.350. The topological polar surface area (TPSA) is 79.3 Å². The van der Waals surface area contributed by atoms with Crippen molar-refractivity contribution < 1.29 is 9.59 Å². The van der Waals surface area contributed by atoms with E-state index in [0.717, 1.165) is 23.5 Å². The van der Waals surface area contributed by atoms with E-state index < -0.39 is 0 Å². The molecule has 1 saturated heterocycles. The number of amides is 3. The number of nitrogens with one attached hydrogen (secondary N) is 2. The molecule has 2 N–H and O–H groups in total. The van der Waals surface area contributed by atoms with Crippen LogP contribution in [0, 0.1) is 12.8 Å². The van der Waals surface area contributed by atoms with Crippen LogP contribution in [0.25, 0.3) is 6.08 Å². The Balaban J connectivity index is 1.64. The van der Waals surface area contributed by atoms with E-state index in [1.807, 2.05) is 6.92 Å². The molecule has 3 amide bonds. The third kappa shape index (κ3) is 4.54. The van der Waals surface area contributed by atoms with Gasteiger partial charge in [-0.3, -0.25) is 14.4 Å². The molecule has 2 aromatic rings. The molecule has 8 heteroatoms. The standard InChI is InChI=1S/C20H24ClN5O2/c1-13(2)12-26-19(21)17(14(3)24-26)8-9-18(27)23-15-4-6-16(7-5-15)25-11-10-22-20(25)28/h4-9,13H,10-12H2,1-3H3,(H,22,28)(H,23,27)/b9-8+. The number of carbonyl (C=O) groups excluding carboxylic acids is 2. The number of aromatic nitrogens is 2. The van der Waals surface area contributed by atoms with Crippen LogP contribution < -0.4 is 15.5 Å². The van der Waals surface area contributed by atoms with Gasteiger partial charge in [0.05, 0.1) is 5.69 Å². The second-order valence-corrected chi connectivity index (χ2v) is 7.48. The van der Waals surface area contributed by atoms with Gasteiger partial charge in [-0.15, -0.1) is 0 Å². The SMILES string of the molecule is Cc1nn(CC(C)C)c(Cl)c1/C=C/C(=O)Nc1ccc(N2CCNC2=O)cc1. The Bertz CT molecular complexity index is 902. The van der Waals surface area contributed by atoms with E-state index in [9.17, 15) is 9.59 Å². The predicted octanol–water partition coefficient (Wildman–Crippen LogP) is 3.68. The second-order valence-electron chi connectivity index (χ2n) is 7.12. The first-order valence-corrected chi connectivity index (χ1v) is 9.60. The molecule has 0 saturated carbocycles. The molecule has 1 aliphatic rings. The maximum atomic E-state index is 12.2. The van der Waals surface area contributed by atoms with Crippen LogP contribution in [-0.2, 0) is 11.3 Å². The van der Waals surface area contributed by atoms with Crippen LogP contribution in [0.5, 0.6) is 0 Å². The van der Waals surface area contributed by atoms with Gasteiger partial charge in [0.1, 0.15) is 5.15 Å². The minimum Gasteiger partial charge on any atom is -0.336 e. The minimum absolute atomic E-state index is 0.106. The number of benzene rings is 1. The van der Waals surface area contributed by atoms with Crippen LogP contribution in [-0.4, -0.2) is 34.8 Å². The molecule has 28 heavy (non-hydrogen) atoms. The van der Waals surface area contributed by atoms with Crippen molar-refractivity contribution in [2.45, 2.75) is 27.3 Å². The van der Waals surface area contributed by atoms with E-state index in [-0.39, 0.29) is 11.9 Å². The molecule has 148 valence electrons. The average molecular weight is 402 g/mol. The van der Waals surface area contributed by atoms with Gasteiger partial charge in [0.15, 0.2) is 0 Å². The van der Waals surface area contributed by atoms with Gasteiger partial charge in [-0.2, -0.15) is 5.10 Å². The van der Waals surface area contributed by atoms with Gasteiger partial charge < -0.3 is 10.6 Å². The highest BCUT2D eigenvalue weighted by molar-refractivity contribution is 6.31. The number of halogens is 1. The molecule has 0 bridgehead atoms. The number of anilines is 2. The van der Waals surface area contributed by atoms with Crippen molar-refractivity contribution in [3.8, 4) is 0 Å². The lowest BCUT2D eigenvalue weighted by Gasteiger charge is -2.14. The van der Waals surface area contributed by atoms with Crippen molar-refractivity contribution in [2.75, 3.05) is 23.3 Å². The summed E-state index contributed by atoms with van der Waals surface area (Å²) in [6.07, 6.45) is 3.12. The van der Waals surface area contributed by atoms with E-state index in [4.69, 9.17) is 11.6 Å². The summed E-state index contributed by atoms with van der Waals surface area (Å²) in [6.45, 7) is 8.06. The Morgan fingerprint density at radius 2 is 2.07 bits per heavy atom. The van der Waals surface area contributed by atoms with Crippen LogP contribution in [0.4, 0.5) is 16.2 Å². The number of hydrogen-bond donors (Lipinski definition) is 2. The second kappa shape index (κ2) is 8.48. The zero-order valence-electron chi connectivity index (χ0n) is 16.2. The summed E-state index contributed by atoms with van der Waals surface area (Å²) >= 11 is 6.39. The van der Waals surface area contributed by atoms with Crippen LogP contribution in [0.15, 0.2) is 30.3 Å². The highest BCUT2D eigenvalue weighted by Gasteiger charge is 2.20. The molecule has 2 heterocycles. The lowest BCUT2D eigenvalue weighted by atomic mass is 10.2. The zero-order valence-corrected chi connectivity index (χ0v) is 17.0. The highest BCUT2D eigenvalue weighted by atomic mass is 35.5. The fourth-order valence-electron chi connectivity index (χ4n) is 3.01. The number of aryl methyl sites for hydroxylation is 1. The Morgan fingerprint density at radius 3 is 2.68 bits per heavy atom. The first kappa shape index (κ1) is 19.9. The Hall–Kier alpha value is -2.80. The van der Waals surface area contributed by atoms with Crippen LogP contribution in [0.3, 0.4) is 0 Å². The molecule has 0 unspecified atom stereocenters. The molecule has 1 fully saturated rings. The number of urea groups is 1. The zero-order chi connectivity index (χ0) is 20.3. The third-order valence-corrected chi connectivity index (χ3v) is 4.75. The van der Waals surface area contributed by atoms with Crippen molar-refractivity contribution in [1.29, 1.82) is 0 Å². The van der Waals surface area contributed by atoms with E-state index in [2.05, 4.69) is 29.6 Å². The molecule has 0 aliphatic carbocycles. The number of rotatable bonds is 6. The summed E-state index contributed by atoms with van der Waals surface area (Å²) in [5.74, 6) is 0.158. The normalized spacial score (nSPS) is 14.2. The molecule has 0 spiro atoms. The van der Waals surface area contributed by atoms with E-state index in [0.29, 0.717) is 29.8 Å². The molecular formula is C20H24ClN5O2. The summed E-state index contributed by atoms with van der Waals surface area (Å²) in [7, 11) is 0. The van der Waals surface area contributed by atoms with Gasteiger partial charge in [0, 0.05) is 42.6 Å². The van der Waals surface area contributed by atoms with Gasteiger partial charge in [0.2, 0.25) is 5.91 Å². The Kier molecular flexibility index (Phi) is 6.04. The molecular weight excluding hydrogens is 378 g/mol. The smallest absolute Gasteiger partial charge is 0.321 e. The summed E-state index contributed by atoms with van der Waals surface area (Å²) in [5.41, 5.74) is 2.97. The molecule has 7 nitrogen and oxygen atoms in total. The van der Waals surface area contributed by atoms with Crippen molar-refractivity contribution in [3.05, 3.63) is 46.8 Å². The minimum atomic E-state index is -0.265. The van der Waals surface area contributed by atoms with Gasteiger partial charge >= 0.3 is 6.03 Å². The predicted molar refractivity (Wildman–Crippen MR) is 112 cm³/mol. The van der Waals surface area contributed by atoms with Gasteiger partial charge in [0.25, 0.3) is 0 Å². The van der Waals surface area contributed by atoms with Gasteiger partial charge in [-0.05, 0) is 43.2 Å². The maximum absolute atomic E-state index is 12.2. The Morgan fingerprint density at radius 1 is 1.36 bits per heavy atom. The summed E-state index contributed by atoms with van der Waals surface area (Å²) in [4.78, 5) is 25.6. The monoisotopic (exact) mass is 401 g/mol. The van der Waals surface area contributed by atoms with E-state index in [1.54, 1.807) is 39.9 Å². The Labute approximate surface area is 169 Å².